The molecule has 0 saturated heterocycles. The predicted octanol–water partition coefficient (Wildman–Crippen LogP) is 4.18. The van der Waals surface area contributed by atoms with Gasteiger partial charge in [0.2, 0.25) is 5.89 Å². The van der Waals surface area contributed by atoms with Crippen LogP contribution in [-0.4, -0.2) is 25.0 Å². The summed E-state index contributed by atoms with van der Waals surface area (Å²) in [4.78, 5) is 4.67. The Labute approximate surface area is 165 Å². The number of rotatable bonds is 7. The Hall–Kier alpha value is -3.00. The van der Waals surface area contributed by atoms with Gasteiger partial charge in [-0.3, -0.25) is 0 Å². The Bertz CT molecular complexity index is 1060. The topological polar surface area (TPSA) is 69.6 Å². The SMILES string of the molecule is Cc1nnc(SCc2nc(CCc3ccccc3)nn2-c2cccc(F)c2)o1. The summed E-state index contributed by atoms with van der Waals surface area (Å²) in [7, 11) is 0. The van der Waals surface area contributed by atoms with E-state index in [2.05, 4.69) is 32.4 Å². The van der Waals surface area contributed by atoms with E-state index in [1.165, 1.54) is 29.5 Å². The van der Waals surface area contributed by atoms with Crippen LogP contribution < -0.4 is 0 Å². The summed E-state index contributed by atoms with van der Waals surface area (Å²) in [6, 6.07) is 16.5. The Morgan fingerprint density at radius 3 is 2.64 bits per heavy atom. The van der Waals surface area contributed by atoms with E-state index in [9.17, 15) is 4.39 Å². The van der Waals surface area contributed by atoms with Gasteiger partial charge in [0.05, 0.1) is 11.4 Å². The summed E-state index contributed by atoms with van der Waals surface area (Å²) in [6.45, 7) is 1.74. The molecule has 0 unspecified atom stereocenters. The van der Waals surface area contributed by atoms with E-state index < -0.39 is 0 Å². The highest BCUT2D eigenvalue weighted by Crippen LogP contribution is 2.22. The maximum Gasteiger partial charge on any atom is 0.277 e. The molecule has 6 nitrogen and oxygen atoms in total. The monoisotopic (exact) mass is 395 g/mol. The molecule has 0 aliphatic carbocycles. The lowest BCUT2D eigenvalue weighted by Crippen LogP contribution is -2.02. The first-order valence-electron chi connectivity index (χ1n) is 8.85. The van der Waals surface area contributed by atoms with Crippen molar-refractivity contribution in [3.8, 4) is 5.69 Å². The quantitative estimate of drug-likeness (QED) is 0.437. The van der Waals surface area contributed by atoms with Crippen LogP contribution in [0.25, 0.3) is 5.69 Å². The van der Waals surface area contributed by atoms with Crippen LogP contribution in [0.15, 0.2) is 64.2 Å². The number of benzene rings is 2. The van der Waals surface area contributed by atoms with Crippen LogP contribution in [0.1, 0.15) is 23.1 Å². The second-order valence-electron chi connectivity index (χ2n) is 6.20. The Kier molecular flexibility index (Phi) is 5.48. The zero-order valence-electron chi connectivity index (χ0n) is 15.2. The third-order valence-corrected chi connectivity index (χ3v) is 4.90. The van der Waals surface area contributed by atoms with Crippen molar-refractivity contribution in [3.05, 3.63) is 83.5 Å². The molecule has 0 amide bonds. The third kappa shape index (κ3) is 4.45. The fourth-order valence-corrected chi connectivity index (χ4v) is 3.49. The minimum Gasteiger partial charge on any atom is -0.416 e. The molecule has 2 aromatic carbocycles. The average molecular weight is 395 g/mol. The van der Waals surface area contributed by atoms with Gasteiger partial charge in [0, 0.05) is 13.3 Å². The van der Waals surface area contributed by atoms with Gasteiger partial charge in [0.15, 0.2) is 5.82 Å². The Morgan fingerprint density at radius 1 is 1.04 bits per heavy atom. The fraction of sp³-hybridized carbons (Fsp3) is 0.200. The maximum absolute atomic E-state index is 13.7. The van der Waals surface area contributed by atoms with Crippen LogP contribution in [0.5, 0.6) is 0 Å². The predicted molar refractivity (Wildman–Crippen MR) is 104 cm³/mol. The molecule has 0 saturated carbocycles. The molecule has 0 bridgehead atoms. The highest BCUT2D eigenvalue weighted by Gasteiger charge is 2.14. The van der Waals surface area contributed by atoms with E-state index in [0.29, 0.717) is 40.6 Å². The van der Waals surface area contributed by atoms with E-state index >= 15 is 0 Å². The second-order valence-corrected chi connectivity index (χ2v) is 7.12. The largest absolute Gasteiger partial charge is 0.416 e. The van der Waals surface area contributed by atoms with Crippen molar-refractivity contribution in [2.75, 3.05) is 0 Å². The number of aryl methyl sites for hydroxylation is 3. The highest BCUT2D eigenvalue weighted by molar-refractivity contribution is 7.98. The van der Waals surface area contributed by atoms with Crippen LogP contribution in [0, 0.1) is 12.7 Å². The lowest BCUT2D eigenvalue weighted by molar-refractivity contribution is 0.429. The molecular formula is C20H18FN5OS. The number of thioether (sulfide) groups is 1. The van der Waals surface area contributed by atoms with Crippen molar-refractivity contribution in [2.24, 2.45) is 0 Å². The summed E-state index contributed by atoms with van der Waals surface area (Å²) in [5.74, 6) is 2.10. The van der Waals surface area contributed by atoms with Crippen LogP contribution in [0.4, 0.5) is 4.39 Å². The lowest BCUT2D eigenvalue weighted by Gasteiger charge is -2.04. The number of hydrogen-bond acceptors (Lipinski definition) is 6. The molecular weight excluding hydrogens is 377 g/mol. The standard InChI is InChI=1S/C20H18FN5OS/c1-14-23-24-20(27-14)28-13-19-22-18(11-10-15-6-3-2-4-7-15)25-26(19)17-9-5-8-16(21)12-17/h2-9,12H,10-11,13H2,1H3. The van der Waals surface area contributed by atoms with Crippen molar-refractivity contribution < 1.29 is 8.81 Å². The van der Waals surface area contributed by atoms with Gasteiger partial charge in [-0.2, -0.15) is 5.10 Å². The fourth-order valence-electron chi connectivity index (χ4n) is 2.77. The Balaban J connectivity index is 1.57. The van der Waals surface area contributed by atoms with Gasteiger partial charge < -0.3 is 4.42 Å². The van der Waals surface area contributed by atoms with E-state index in [1.54, 1.807) is 17.7 Å². The molecule has 2 aromatic heterocycles. The molecule has 0 fully saturated rings. The summed E-state index contributed by atoms with van der Waals surface area (Å²) in [5, 5.41) is 12.9. The molecule has 0 aliphatic rings. The minimum atomic E-state index is -0.315. The van der Waals surface area contributed by atoms with Crippen molar-refractivity contribution >= 4 is 11.8 Å². The van der Waals surface area contributed by atoms with Gasteiger partial charge in [0.25, 0.3) is 5.22 Å². The Morgan fingerprint density at radius 2 is 1.89 bits per heavy atom. The van der Waals surface area contributed by atoms with E-state index in [-0.39, 0.29) is 5.82 Å². The van der Waals surface area contributed by atoms with Crippen molar-refractivity contribution in [3.63, 3.8) is 0 Å². The first-order chi connectivity index (χ1) is 13.7. The van der Waals surface area contributed by atoms with Crippen LogP contribution in [0.2, 0.25) is 0 Å². The molecule has 4 rings (SSSR count). The summed E-state index contributed by atoms with van der Waals surface area (Å²) < 4.78 is 20.8. The zero-order valence-corrected chi connectivity index (χ0v) is 16.1. The number of nitrogens with zero attached hydrogens (tertiary/aromatic N) is 5. The molecule has 0 N–H and O–H groups in total. The van der Waals surface area contributed by atoms with E-state index in [1.807, 2.05) is 24.3 Å². The van der Waals surface area contributed by atoms with Gasteiger partial charge in [-0.05, 0) is 30.2 Å². The van der Waals surface area contributed by atoms with E-state index in [0.717, 1.165) is 6.42 Å². The molecule has 0 atom stereocenters. The molecule has 28 heavy (non-hydrogen) atoms. The maximum atomic E-state index is 13.7. The average Bonchev–Trinajstić information content (AvgIpc) is 3.31. The normalized spacial score (nSPS) is 11.1. The molecule has 4 aromatic rings. The first-order valence-corrected chi connectivity index (χ1v) is 9.83. The van der Waals surface area contributed by atoms with Gasteiger partial charge in [0.1, 0.15) is 11.6 Å². The highest BCUT2D eigenvalue weighted by atomic mass is 32.2. The molecule has 142 valence electrons. The van der Waals surface area contributed by atoms with Crippen molar-refractivity contribution in [1.29, 1.82) is 0 Å². The van der Waals surface area contributed by atoms with Crippen LogP contribution in [0.3, 0.4) is 0 Å². The lowest BCUT2D eigenvalue weighted by atomic mass is 10.1. The van der Waals surface area contributed by atoms with Crippen molar-refractivity contribution in [2.45, 2.75) is 30.7 Å². The van der Waals surface area contributed by atoms with Crippen LogP contribution in [-0.2, 0) is 18.6 Å². The minimum absolute atomic E-state index is 0.315. The van der Waals surface area contributed by atoms with Gasteiger partial charge in [-0.25, -0.2) is 14.1 Å². The van der Waals surface area contributed by atoms with Gasteiger partial charge in [-0.1, -0.05) is 48.2 Å². The smallest absolute Gasteiger partial charge is 0.277 e. The summed E-state index contributed by atoms with van der Waals surface area (Å²) in [5.41, 5.74) is 1.86. The molecule has 8 heteroatoms. The summed E-state index contributed by atoms with van der Waals surface area (Å²) in [6.07, 6.45) is 1.53. The van der Waals surface area contributed by atoms with Gasteiger partial charge in [-0.15, -0.1) is 10.2 Å². The third-order valence-electron chi connectivity index (χ3n) is 4.08. The molecule has 2 heterocycles. The molecule has 0 spiro atoms. The summed E-state index contributed by atoms with van der Waals surface area (Å²) >= 11 is 1.38. The second kappa shape index (κ2) is 8.35. The molecule has 0 aliphatic heterocycles. The number of aromatic nitrogens is 5. The van der Waals surface area contributed by atoms with Crippen molar-refractivity contribution in [1.82, 2.24) is 25.0 Å². The van der Waals surface area contributed by atoms with Crippen LogP contribution >= 0.6 is 11.8 Å². The number of halogens is 1. The van der Waals surface area contributed by atoms with Gasteiger partial charge >= 0.3 is 0 Å². The first kappa shape index (κ1) is 18.4. The van der Waals surface area contributed by atoms with E-state index in [4.69, 9.17) is 4.42 Å². The molecule has 0 radical (unpaired) electrons. The zero-order chi connectivity index (χ0) is 19.3. The number of hydrogen-bond donors (Lipinski definition) is 0.